The van der Waals surface area contributed by atoms with Crippen LogP contribution in [0, 0.1) is 0 Å². The van der Waals surface area contributed by atoms with Gasteiger partial charge in [-0.25, -0.2) is 4.98 Å². The number of anilines is 1. The van der Waals surface area contributed by atoms with Gasteiger partial charge in [-0.15, -0.1) is 0 Å². The Hall–Kier alpha value is -3.02. The first kappa shape index (κ1) is 16.4. The molecule has 0 radical (unpaired) electrons. The lowest BCUT2D eigenvalue weighted by Crippen LogP contribution is -2.15. The highest BCUT2D eigenvalue weighted by molar-refractivity contribution is 5.90. The fourth-order valence-corrected chi connectivity index (χ4v) is 2.97. The number of nitrogens with zero attached hydrogens (tertiary/aromatic N) is 2. The van der Waals surface area contributed by atoms with E-state index in [-0.39, 0.29) is 5.91 Å². The lowest BCUT2D eigenvalue weighted by Gasteiger charge is -2.18. The Kier molecular flexibility index (Phi) is 4.48. The van der Waals surface area contributed by atoms with Crippen molar-refractivity contribution in [2.45, 2.75) is 26.2 Å². The average molecular weight is 351 g/mol. The summed E-state index contributed by atoms with van der Waals surface area (Å²) in [5, 5.41) is 2.93. The zero-order chi connectivity index (χ0) is 17.9. The van der Waals surface area contributed by atoms with E-state index < -0.39 is 0 Å². The minimum Gasteiger partial charge on any atom is -0.486 e. The van der Waals surface area contributed by atoms with Crippen molar-refractivity contribution in [3.8, 4) is 22.8 Å². The molecular formula is C20H21N3O3. The van der Waals surface area contributed by atoms with Gasteiger partial charge >= 0.3 is 0 Å². The number of ether oxygens (including phenoxy) is 2. The van der Waals surface area contributed by atoms with Crippen LogP contribution in [0.4, 0.5) is 5.69 Å². The van der Waals surface area contributed by atoms with Crippen LogP contribution in [0.2, 0.25) is 0 Å². The molecule has 0 fully saturated rings. The van der Waals surface area contributed by atoms with Crippen LogP contribution in [0.5, 0.6) is 11.5 Å². The Balaban J connectivity index is 1.58. The average Bonchev–Trinajstić information content (AvgIpc) is 3.09. The summed E-state index contributed by atoms with van der Waals surface area (Å²) < 4.78 is 13.1. The third kappa shape index (κ3) is 3.35. The fraction of sp³-hybridized carbons (Fsp3) is 0.300. The molecule has 2 aromatic heterocycles. The summed E-state index contributed by atoms with van der Waals surface area (Å²) in [7, 11) is 0. The van der Waals surface area contributed by atoms with E-state index >= 15 is 0 Å². The third-order valence-corrected chi connectivity index (χ3v) is 4.33. The van der Waals surface area contributed by atoms with Crippen molar-refractivity contribution < 1.29 is 14.3 Å². The van der Waals surface area contributed by atoms with E-state index in [1.807, 2.05) is 47.1 Å². The molecule has 0 bridgehead atoms. The van der Waals surface area contributed by atoms with E-state index in [1.165, 1.54) is 0 Å². The number of benzene rings is 1. The number of unbranched alkanes of at least 4 members (excludes halogenated alkanes) is 1. The van der Waals surface area contributed by atoms with Gasteiger partial charge in [0.15, 0.2) is 11.5 Å². The molecule has 6 nitrogen and oxygen atoms in total. The molecule has 1 N–H and O–H groups in total. The summed E-state index contributed by atoms with van der Waals surface area (Å²) in [5.74, 6) is 1.55. The van der Waals surface area contributed by atoms with Gasteiger partial charge in [-0.1, -0.05) is 13.3 Å². The molecule has 0 spiro atoms. The molecule has 134 valence electrons. The number of imidazole rings is 1. The smallest absolute Gasteiger partial charge is 0.224 e. The highest BCUT2D eigenvalue weighted by atomic mass is 16.6. The fourth-order valence-electron chi connectivity index (χ4n) is 2.97. The molecule has 0 unspecified atom stereocenters. The summed E-state index contributed by atoms with van der Waals surface area (Å²) in [6.45, 7) is 3.21. The van der Waals surface area contributed by atoms with Crippen molar-refractivity contribution in [2.75, 3.05) is 18.5 Å². The summed E-state index contributed by atoms with van der Waals surface area (Å²) in [5.41, 5.74) is 3.40. The van der Waals surface area contributed by atoms with Crippen molar-refractivity contribution in [1.82, 2.24) is 9.38 Å². The maximum absolute atomic E-state index is 11.9. The molecule has 0 saturated carbocycles. The summed E-state index contributed by atoms with van der Waals surface area (Å²) in [6.07, 6.45) is 6.28. The van der Waals surface area contributed by atoms with E-state index in [0.29, 0.717) is 19.6 Å². The molecule has 1 aromatic carbocycles. The molecule has 0 saturated heterocycles. The van der Waals surface area contributed by atoms with E-state index in [0.717, 1.165) is 46.9 Å². The molecule has 0 atom stereocenters. The first-order valence-corrected chi connectivity index (χ1v) is 8.91. The lowest BCUT2D eigenvalue weighted by atomic mass is 10.1. The van der Waals surface area contributed by atoms with Crippen LogP contribution in [0.1, 0.15) is 26.2 Å². The number of nitrogens with one attached hydrogen (secondary N) is 1. The third-order valence-electron chi connectivity index (χ3n) is 4.33. The number of carbonyl (C=O) groups is 1. The highest BCUT2D eigenvalue weighted by Gasteiger charge is 2.14. The topological polar surface area (TPSA) is 64.9 Å². The predicted octanol–water partition coefficient (Wildman–Crippen LogP) is 3.90. The molecule has 6 heteroatoms. The number of carbonyl (C=O) groups excluding carboxylic acids is 1. The molecule has 26 heavy (non-hydrogen) atoms. The second kappa shape index (κ2) is 7.07. The standard InChI is InChI=1S/C20H21N3O3/c1-2-3-4-20(24)21-15-6-8-19-22-16(13-23(19)12-15)14-5-7-17-18(11-14)26-10-9-25-17/h5-8,11-13H,2-4,9-10H2,1H3,(H,21,24). The molecule has 3 heterocycles. The quantitative estimate of drug-likeness (QED) is 0.757. The van der Waals surface area contributed by atoms with Crippen molar-refractivity contribution in [1.29, 1.82) is 0 Å². The van der Waals surface area contributed by atoms with Crippen molar-refractivity contribution in [3.05, 3.63) is 42.7 Å². The number of amides is 1. The van der Waals surface area contributed by atoms with Crippen LogP contribution in [0.3, 0.4) is 0 Å². The Morgan fingerprint density at radius 1 is 1.15 bits per heavy atom. The van der Waals surface area contributed by atoms with Crippen molar-refractivity contribution in [2.24, 2.45) is 0 Å². The number of hydrogen-bond acceptors (Lipinski definition) is 4. The van der Waals surface area contributed by atoms with Crippen LogP contribution in [0.15, 0.2) is 42.7 Å². The first-order valence-electron chi connectivity index (χ1n) is 8.91. The zero-order valence-corrected chi connectivity index (χ0v) is 14.7. The van der Waals surface area contributed by atoms with Gasteiger partial charge in [0.1, 0.15) is 18.9 Å². The lowest BCUT2D eigenvalue weighted by molar-refractivity contribution is -0.116. The second-order valence-electron chi connectivity index (χ2n) is 6.32. The number of aromatic nitrogens is 2. The highest BCUT2D eigenvalue weighted by Crippen LogP contribution is 2.34. The number of fused-ring (bicyclic) bond motifs is 2. The largest absolute Gasteiger partial charge is 0.486 e. The van der Waals surface area contributed by atoms with Gasteiger partial charge in [-0.05, 0) is 36.8 Å². The first-order chi connectivity index (χ1) is 12.7. The summed E-state index contributed by atoms with van der Waals surface area (Å²) >= 11 is 0. The maximum Gasteiger partial charge on any atom is 0.224 e. The summed E-state index contributed by atoms with van der Waals surface area (Å²) in [4.78, 5) is 16.6. The van der Waals surface area contributed by atoms with Gasteiger partial charge in [0.25, 0.3) is 0 Å². The van der Waals surface area contributed by atoms with Gasteiger partial charge in [0.2, 0.25) is 5.91 Å². The van der Waals surface area contributed by atoms with Gasteiger partial charge in [0.05, 0.1) is 11.4 Å². The van der Waals surface area contributed by atoms with E-state index in [1.54, 1.807) is 0 Å². The van der Waals surface area contributed by atoms with Crippen molar-refractivity contribution in [3.63, 3.8) is 0 Å². The molecule has 3 aromatic rings. The van der Waals surface area contributed by atoms with Gasteiger partial charge in [0, 0.05) is 24.4 Å². The Bertz CT molecular complexity index is 949. The summed E-state index contributed by atoms with van der Waals surface area (Å²) in [6, 6.07) is 9.61. The van der Waals surface area contributed by atoms with Crippen LogP contribution in [-0.2, 0) is 4.79 Å². The molecule has 1 aliphatic rings. The van der Waals surface area contributed by atoms with Crippen LogP contribution in [0.25, 0.3) is 16.9 Å². The predicted molar refractivity (Wildman–Crippen MR) is 99.8 cm³/mol. The Morgan fingerprint density at radius 3 is 2.85 bits per heavy atom. The number of pyridine rings is 1. The molecule has 4 rings (SSSR count). The zero-order valence-electron chi connectivity index (χ0n) is 14.7. The van der Waals surface area contributed by atoms with Crippen LogP contribution in [-0.4, -0.2) is 28.5 Å². The molecule has 1 amide bonds. The Morgan fingerprint density at radius 2 is 2.00 bits per heavy atom. The monoisotopic (exact) mass is 351 g/mol. The molecular weight excluding hydrogens is 330 g/mol. The van der Waals surface area contributed by atoms with E-state index in [9.17, 15) is 4.79 Å². The van der Waals surface area contributed by atoms with Crippen molar-refractivity contribution >= 4 is 17.2 Å². The van der Waals surface area contributed by atoms with Gasteiger partial charge in [-0.3, -0.25) is 4.79 Å². The number of rotatable bonds is 5. The minimum atomic E-state index is 0.0402. The Labute approximate surface area is 151 Å². The minimum absolute atomic E-state index is 0.0402. The maximum atomic E-state index is 11.9. The van der Waals surface area contributed by atoms with Gasteiger partial charge in [-0.2, -0.15) is 0 Å². The molecule has 1 aliphatic heterocycles. The van der Waals surface area contributed by atoms with Crippen LogP contribution < -0.4 is 14.8 Å². The number of hydrogen-bond donors (Lipinski definition) is 1. The SMILES string of the molecule is CCCCC(=O)Nc1ccc2nc(-c3ccc4c(c3)OCCO4)cn2c1. The van der Waals surface area contributed by atoms with E-state index in [4.69, 9.17) is 9.47 Å². The van der Waals surface area contributed by atoms with Crippen LogP contribution >= 0.6 is 0 Å². The van der Waals surface area contributed by atoms with Gasteiger partial charge < -0.3 is 19.2 Å². The molecule has 0 aliphatic carbocycles. The second-order valence-corrected chi connectivity index (χ2v) is 6.32. The normalized spacial score (nSPS) is 13.0. The van der Waals surface area contributed by atoms with E-state index in [2.05, 4.69) is 17.2 Å².